The van der Waals surface area contributed by atoms with E-state index < -0.39 is 10.0 Å². The van der Waals surface area contributed by atoms with E-state index in [1.807, 2.05) is 28.7 Å². The molecule has 0 radical (unpaired) electrons. The molecule has 0 fully saturated rings. The summed E-state index contributed by atoms with van der Waals surface area (Å²) in [5.41, 5.74) is 0.273. The fourth-order valence-electron chi connectivity index (χ4n) is 1.04. The first kappa shape index (κ1) is 12.9. The second-order valence-corrected chi connectivity index (χ2v) is 5.95. The van der Waals surface area contributed by atoms with E-state index in [1.54, 1.807) is 6.07 Å². The van der Waals surface area contributed by atoms with E-state index in [-0.39, 0.29) is 16.3 Å². The third-order valence-electron chi connectivity index (χ3n) is 1.60. The molecule has 0 heterocycles. The number of benzene rings is 1. The monoisotopic (exact) mass is 349 g/mol. The van der Waals surface area contributed by atoms with E-state index in [0.717, 1.165) is 0 Å². The predicted molar refractivity (Wildman–Crippen MR) is 67.6 cm³/mol. The number of amidine groups is 1. The second-order valence-electron chi connectivity index (χ2n) is 3.02. The highest BCUT2D eigenvalue weighted by Crippen LogP contribution is 2.16. The zero-order valence-corrected chi connectivity index (χ0v) is 11.3. The van der Waals surface area contributed by atoms with Crippen LogP contribution in [0.1, 0.15) is 12.5 Å². The Morgan fingerprint density at radius 1 is 1.50 bits per heavy atom. The SMILES string of the molecule is CC(=N)NS(=O)(=O)c1cc(I)cc(C#N)c1. The molecule has 1 aromatic rings. The first-order valence-corrected chi connectivity index (χ1v) is 6.70. The topological polar surface area (TPSA) is 93.8 Å². The first-order chi connectivity index (χ1) is 7.35. The molecule has 0 aliphatic rings. The molecule has 16 heavy (non-hydrogen) atoms. The first-order valence-electron chi connectivity index (χ1n) is 4.14. The normalized spacial score (nSPS) is 10.6. The maximum atomic E-state index is 11.7. The summed E-state index contributed by atoms with van der Waals surface area (Å²) in [4.78, 5) is -0.0115. The Morgan fingerprint density at radius 2 is 2.12 bits per heavy atom. The maximum Gasteiger partial charge on any atom is 0.262 e. The van der Waals surface area contributed by atoms with Crippen LogP contribution < -0.4 is 4.72 Å². The Bertz CT molecular complexity index is 575. The van der Waals surface area contributed by atoms with Gasteiger partial charge in [-0.2, -0.15) is 5.26 Å². The van der Waals surface area contributed by atoms with Crippen molar-refractivity contribution in [2.45, 2.75) is 11.8 Å². The molecule has 0 spiro atoms. The summed E-state index contributed by atoms with van der Waals surface area (Å²) in [6.07, 6.45) is 0. The smallest absolute Gasteiger partial charge is 0.262 e. The highest BCUT2D eigenvalue weighted by Gasteiger charge is 2.15. The Morgan fingerprint density at radius 3 is 2.62 bits per heavy atom. The van der Waals surface area contributed by atoms with E-state index >= 15 is 0 Å². The summed E-state index contributed by atoms with van der Waals surface area (Å²) in [5, 5.41) is 15.8. The minimum absolute atomic E-state index is 0.0115. The van der Waals surface area contributed by atoms with Crippen LogP contribution in [0.3, 0.4) is 0 Å². The van der Waals surface area contributed by atoms with Crippen LogP contribution in [0.4, 0.5) is 0 Å². The molecule has 0 aliphatic heterocycles. The number of nitriles is 1. The third-order valence-corrected chi connectivity index (χ3v) is 3.65. The minimum atomic E-state index is -3.75. The van der Waals surface area contributed by atoms with Gasteiger partial charge in [0.2, 0.25) is 0 Å². The van der Waals surface area contributed by atoms with Gasteiger partial charge in [0.05, 0.1) is 16.5 Å². The highest BCUT2D eigenvalue weighted by atomic mass is 127. The summed E-state index contributed by atoms with van der Waals surface area (Å²) >= 11 is 1.93. The summed E-state index contributed by atoms with van der Waals surface area (Å²) < 4.78 is 26.1. The number of nitrogens with zero attached hydrogens (tertiary/aromatic N) is 1. The number of sulfonamides is 1. The lowest BCUT2D eigenvalue weighted by molar-refractivity contribution is 0.592. The van der Waals surface area contributed by atoms with Crippen molar-refractivity contribution in [1.82, 2.24) is 4.72 Å². The van der Waals surface area contributed by atoms with Crippen molar-refractivity contribution in [2.24, 2.45) is 0 Å². The van der Waals surface area contributed by atoms with Crippen molar-refractivity contribution in [3.63, 3.8) is 0 Å². The average molecular weight is 349 g/mol. The standard InChI is InChI=1S/C9H8IN3O2S/c1-6(12)13-16(14,15)9-3-7(5-11)2-8(10)4-9/h2-4H,1H3,(H2,12,13). The number of rotatable bonds is 2. The quantitative estimate of drug-likeness (QED) is 0.481. The lowest BCUT2D eigenvalue weighted by Crippen LogP contribution is -2.27. The van der Waals surface area contributed by atoms with Crippen molar-refractivity contribution in [2.75, 3.05) is 0 Å². The molecule has 0 bridgehead atoms. The summed E-state index contributed by atoms with van der Waals surface area (Å²) in [7, 11) is -3.75. The van der Waals surface area contributed by atoms with Crippen LogP contribution in [-0.4, -0.2) is 14.3 Å². The predicted octanol–water partition coefficient (Wildman–Crippen LogP) is 1.44. The number of hydrogen-bond acceptors (Lipinski definition) is 4. The molecule has 0 aromatic heterocycles. The minimum Gasteiger partial charge on any atom is -0.288 e. The lowest BCUT2D eigenvalue weighted by atomic mass is 10.2. The van der Waals surface area contributed by atoms with Crippen LogP contribution in [0, 0.1) is 20.3 Å². The number of nitrogens with one attached hydrogen (secondary N) is 2. The van der Waals surface area contributed by atoms with E-state index in [4.69, 9.17) is 10.7 Å². The van der Waals surface area contributed by atoms with Gasteiger partial charge in [0.15, 0.2) is 0 Å². The van der Waals surface area contributed by atoms with E-state index in [1.165, 1.54) is 19.1 Å². The fourth-order valence-corrected chi connectivity index (χ4v) is 3.01. The van der Waals surface area contributed by atoms with Crippen molar-refractivity contribution >= 4 is 38.4 Å². The molecule has 0 aliphatic carbocycles. The molecule has 5 nitrogen and oxygen atoms in total. The van der Waals surface area contributed by atoms with Gasteiger partial charge in [0.1, 0.15) is 5.84 Å². The van der Waals surface area contributed by atoms with Gasteiger partial charge in [-0.3, -0.25) is 10.1 Å². The van der Waals surface area contributed by atoms with Crippen molar-refractivity contribution in [3.05, 3.63) is 27.3 Å². The van der Waals surface area contributed by atoms with Gasteiger partial charge in [-0.1, -0.05) is 0 Å². The molecule has 1 aromatic carbocycles. The zero-order chi connectivity index (χ0) is 12.3. The van der Waals surface area contributed by atoms with Crippen LogP contribution in [0.5, 0.6) is 0 Å². The van der Waals surface area contributed by atoms with Crippen LogP contribution >= 0.6 is 22.6 Å². The van der Waals surface area contributed by atoms with Crippen LogP contribution in [0.2, 0.25) is 0 Å². The van der Waals surface area contributed by atoms with E-state index in [0.29, 0.717) is 3.57 Å². The highest BCUT2D eigenvalue weighted by molar-refractivity contribution is 14.1. The molecular formula is C9H8IN3O2S. The summed E-state index contributed by atoms with van der Waals surface area (Å²) in [6, 6.07) is 6.17. The van der Waals surface area contributed by atoms with Gasteiger partial charge in [0, 0.05) is 3.57 Å². The second kappa shape index (κ2) is 4.80. The molecule has 84 valence electrons. The van der Waals surface area contributed by atoms with Gasteiger partial charge < -0.3 is 0 Å². The van der Waals surface area contributed by atoms with Gasteiger partial charge >= 0.3 is 0 Å². The van der Waals surface area contributed by atoms with Crippen LogP contribution in [-0.2, 0) is 10.0 Å². The van der Waals surface area contributed by atoms with E-state index in [9.17, 15) is 8.42 Å². The van der Waals surface area contributed by atoms with Crippen molar-refractivity contribution in [1.29, 1.82) is 10.7 Å². The largest absolute Gasteiger partial charge is 0.288 e. The summed E-state index contributed by atoms with van der Waals surface area (Å²) in [6.45, 7) is 1.33. The Labute approximate surface area is 107 Å². The summed E-state index contributed by atoms with van der Waals surface area (Å²) in [5.74, 6) is -0.169. The molecular weight excluding hydrogens is 341 g/mol. The van der Waals surface area contributed by atoms with E-state index in [2.05, 4.69) is 4.72 Å². The zero-order valence-electron chi connectivity index (χ0n) is 8.28. The fraction of sp³-hybridized carbons (Fsp3) is 0.111. The van der Waals surface area contributed by atoms with Gasteiger partial charge in [-0.25, -0.2) is 8.42 Å². The maximum absolute atomic E-state index is 11.7. The van der Waals surface area contributed by atoms with Crippen LogP contribution in [0.15, 0.2) is 23.1 Å². The molecule has 0 saturated heterocycles. The molecule has 0 unspecified atom stereocenters. The Balaban J connectivity index is 3.29. The molecule has 1 rings (SSSR count). The van der Waals surface area contributed by atoms with Crippen molar-refractivity contribution in [3.8, 4) is 6.07 Å². The van der Waals surface area contributed by atoms with Gasteiger partial charge in [-0.05, 0) is 47.7 Å². The number of halogens is 1. The molecule has 0 atom stereocenters. The van der Waals surface area contributed by atoms with Crippen molar-refractivity contribution < 1.29 is 8.42 Å². The molecule has 2 N–H and O–H groups in total. The van der Waals surface area contributed by atoms with Gasteiger partial charge in [-0.15, -0.1) is 0 Å². The Hall–Kier alpha value is -1.14. The molecule has 0 saturated carbocycles. The Kier molecular flexibility index (Phi) is 3.88. The molecule has 0 amide bonds. The number of hydrogen-bond donors (Lipinski definition) is 2. The lowest BCUT2D eigenvalue weighted by Gasteiger charge is -2.06. The third kappa shape index (κ3) is 3.18. The molecule has 7 heteroatoms. The van der Waals surface area contributed by atoms with Gasteiger partial charge in [0.25, 0.3) is 10.0 Å². The average Bonchev–Trinajstić information content (AvgIpc) is 2.14. The van der Waals surface area contributed by atoms with Crippen LogP contribution in [0.25, 0.3) is 0 Å².